The van der Waals surface area contributed by atoms with Crippen molar-refractivity contribution in [1.82, 2.24) is 0 Å². The smallest absolute Gasteiger partial charge is 0.0417 e. The third-order valence-electron chi connectivity index (χ3n) is 5.05. The summed E-state index contributed by atoms with van der Waals surface area (Å²) in [4.78, 5) is 0. The molecule has 22 heavy (non-hydrogen) atoms. The molecule has 0 aliphatic carbocycles. The largest absolute Gasteiger partial charge is 0.0651 e. The fourth-order valence-electron chi connectivity index (χ4n) is 3.36. The first-order valence-electron chi connectivity index (χ1n) is 10.4. The van der Waals surface area contributed by atoms with Crippen LogP contribution in [0.25, 0.3) is 0 Å². The van der Waals surface area contributed by atoms with E-state index in [9.17, 15) is 0 Å². The molecule has 0 rings (SSSR count). The summed E-state index contributed by atoms with van der Waals surface area (Å²) in [6.45, 7) is 10.2. The fraction of sp³-hybridized carbons (Fsp3) is 0.909. The van der Waals surface area contributed by atoms with Crippen LogP contribution < -0.4 is 0 Å². The Kier molecular flexibility index (Phi) is 19.0. The van der Waals surface area contributed by atoms with Gasteiger partial charge < -0.3 is 0 Å². The Hall–Kier alpha value is 0. The van der Waals surface area contributed by atoms with Crippen LogP contribution in [-0.4, -0.2) is 0 Å². The third-order valence-corrected chi connectivity index (χ3v) is 5.05. The standard InChI is InChI=1S/C22H44/c1-4-7-9-11-12-13-14-15-16-17-19-21-22(6-3)20-18-10-8-5-2/h22H,1-2,4-21H2,3H3. The second kappa shape index (κ2) is 19.0. The molecule has 2 radical (unpaired) electrons. The molecule has 1 atom stereocenters. The molecule has 132 valence electrons. The van der Waals surface area contributed by atoms with Gasteiger partial charge in [0, 0.05) is 0 Å². The van der Waals surface area contributed by atoms with Crippen molar-refractivity contribution in [1.29, 1.82) is 0 Å². The second-order valence-corrected chi connectivity index (χ2v) is 7.15. The summed E-state index contributed by atoms with van der Waals surface area (Å²) in [6.07, 6.45) is 25.1. The average molecular weight is 309 g/mol. The van der Waals surface area contributed by atoms with E-state index in [2.05, 4.69) is 20.8 Å². The SMILES string of the molecule is [CH2]CCCCCCCCCCCCC(CC)CCCCC[CH2]. The van der Waals surface area contributed by atoms with Crippen LogP contribution in [0, 0.1) is 19.8 Å². The van der Waals surface area contributed by atoms with Crippen molar-refractivity contribution in [3.63, 3.8) is 0 Å². The molecule has 0 fully saturated rings. The molecule has 0 spiro atoms. The van der Waals surface area contributed by atoms with Crippen molar-refractivity contribution < 1.29 is 0 Å². The molecule has 0 aliphatic heterocycles. The fourth-order valence-corrected chi connectivity index (χ4v) is 3.36. The average Bonchev–Trinajstić information content (AvgIpc) is 2.54. The van der Waals surface area contributed by atoms with Gasteiger partial charge in [0.2, 0.25) is 0 Å². The van der Waals surface area contributed by atoms with Crippen molar-refractivity contribution in [3.8, 4) is 0 Å². The third kappa shape index (κ3) is 16.4. The van der Waals surface area contributed by atoms with E-state index in [0.29, 0.717) is 0 Å². The van der Waals surface area contributed by atoms with E-state index in [0.717, 1.165) is 18.8 Å². The Labute approximate surface area is 142 Å². The van der Waals surface area contributed by atoms with Crippen LogP contribution >= 0.6 is 0 Å². The van der Waals surface area contributed by atoms with E-state index < -0.39 is 0 Å². The zero-order valence-electron chi connectivity index (χ0n) is 15.7. The predicted molar refractivity (Wildman–Crippen MR) is 103 cm³/mol. The summed E-state index contributed by atoms with van der Waals surface area (Å²) in [5, 5.41) is 0. The highest BCUT2D eigenvalue weighted by Gasteiger charge is 2.05. The zero-order valence-corrected chi connectivity index (χ0v) is 15.7. The van der Waals surface area contributed by atoms with Crippen LogP contribution in [0.4, 0.5) is 0 Å². The van der Waals surface area contributed by atoms with Crippen LogP contribution in [0.3, 0.4) is 0 Å². The summed E-state index contributed by atoms with van der Waals surface area (Å²) < 4.78 is 0. The molecule has 0 N–H and O–H groups in total. The molecule has 0 amide bonds. The zero-order chi connectivity index (χ0) is 16.3. The molecule has 1 unspecified atom stereocenters. The summed E-state index contributed by atoms with van der Waals surface area (Å²) in [5.41, 5.74) is 0. The lowest BCUT2D eigenvalue weighted by molar-refractivity contribution is 0.394. The van der Waals surface area contributed by atoms with Crippen molar-refractivity contribution in [2.45, 2.75) is 122 Å². The van der Waals surface area contributed by atoms with Crippen molar-refractivity contribution in [2.24, 2.45) is 5.92 Å². The Morgan fingerprint density at radius 2 is 0.818 bits per heavy atom. The minimum absolute atomic E-state index is 0.998. The van der Waals surface area contributed by atoms with Gasteiger partial charge >= 0.3 is 0 Å². The number of rotatable bonds is 18. The van der Waals surface area contributed by atoms with Gasteiger partial charge in [-0.3, -0.25) is 0 Å². The monoisotopic (exact) mass is 308 g/mol. The van der Waals surface area contributed by atoms with Gasteiger partial charge in [-0.2, -0.15) is 0 Å². The summed E-state index contributed by atoms with van der Waals surface area (Å²) >= 11 is 0. The maximum Gasteiger partial charge on any atom is -0.0417 e. The van der Waals surface area contributed by atoms with Crippen LogP contribution in [0.5, 0.6) is 0 Å². The lowest BCUT2D eigenvalue weighted by Crippen LogP contribution is -1.99. The van der Waals surface area contributed by atoms with Gasteiger partial charge in [-0.05, 0) is 5.92 Å². The van der Waals surface area contributed by atoms with Gasteiger partial charge in [0.05, 0.1) is 0 Å². The highest BCUT2D eigenvalue weighted by Crippen LogP contribution is 2.21. The molecular weight excluding hydrogens is 264 g/mol. The number of hydrogen-bond acceptors (Lipinski definition) is 0. The molecule has 0 heterocycles. The molecule has 0 heteroatoms. The first-order valence-corrected chi connectivity index (χ1v) is 10.4. The van der Waals surface area contributed by atoms with Crippen LogP contribution in [0.15, 0.2) is 0 Å². The minimum atomic E-state index is 0.998. The lowest BCUT2D eigenvalue weighted by atomic mass is 9.92. The second-order valence-electron chi connectivity index (χ2n) is 7.15. The van der Waals surface area contributed by atoms with E-state index in [4.69, 9.17) is 0 Å². The van der Waals surface area contributed by atoms with E-state index in [1.54, 1.807) is 0 Å². The highest BCUT2D eigenvalue weighted by atomic mass is 14.1. The van der Waals surface area contributed by atoms with Gasteiger partial charge in [0.1, 0.15) is 0 Å². The molecule has 0 aromatic rings. The lowest BCUT2D eigenvalue weighted by Gasteiger charge is -2.14. The highest BCUT2D eigenvalue weighted by molar-refractivity contribution is 4.59. The molecule has 0 aromatic carbocycles. The van der Waals surface area contributed by atoms with Gasteiger partial charge in [-0.1, -0.05) is 136 Å². The van der Waals surface area contributed by atoms with Crippen molar-refractivity contribution >= 4 is 0 Å². The summed E-state index contributed by atoms with van der Waals surface area (Å²) in [6, 6.07) is 0. The molecule has 0 aromatic heterocycles. The molecular formula is C22H44. The maximum absolute atomic E-state index is 3.93. The van der Waals surface area contributed by atoms with Crippen molar-refractivity contribution in [2.75, 3.05) is 0 Å². The maximum atomic E-state index is 3.93. The Bertz CT molecular complexity index is 184. The first-order chi connectivity index (χ1) is 10.8. The molecule has 0 aliphatic rings. The summed E-state index contributed by atoms with van der Waals surface area (Å²) in [5.74, 6) is 0.998. The van der Waals surface area contributed by atoms with Crippen LogP contribution in [0.1, 0.15) is 122 Å². The topological polar surface area (TPSA) is 0 Å². The Balaban J connectivity index is 3.22. The van der Waals surface area contributed by atoms with E-state index in [1.807, 2.05) is 0 Å². The van der Waals surface area contributed by atoms with Gasteiger partial charge in [0.25, 0.3) is 0 Å². The molecule has 0 saturated heterocycles. The molecule has 0 nitrogen and oxygen atoms in total. The number of unbranched alkanes of at least 4 members (excludes halogenated alkanes) is 13. The predicted octanol–water partition coefficient (Wildman–Crippen LogP) is 8.31. The van der Waals surface area contributed by atoms with E-state index in [-0.39, 0.29) is 0 Å². The van der Waals surface area contributed by atoms with Gasteiger partial charge in [-0.15, -0.1) is 0 Å². The summed E-state index contributed by atoms with van der Waals surface area (Å²) in [7, 11) is 0. The quantitative estimate of drug-likeness (QED) is 0.223. The Morgan fingerprint density at radius 3 is 1.18 bits per heavy atom. The van der Waals surface area contributed by atoms with Crippen LogP contribution in [0.2, 0.25) is 0 Å². The van der Waals surface area contributed by atoms with Gasteiger partial charge in [0.15, 0.2) is 0 Å². The Morgan fingerprint density at radius 1 is 0.500 bits per heavy atom. The van der Waals surface area contributed by atoms with E-state index in [1.165, 1.54) is 103 Å². The van der Waals surface area contributed by atoms with Crippen LogP contribution in [-0.2, 0) is 0 Å². The first kappa shape index (κ1) is 22.0. The van der Waals surface area contributed by atoms with Gasteiger partial charge in [-0.25, -0.2) is 0 Å². The molecule has 0 bridgehead atoms. The number of hydrogen-bond donors (Lipinski definition) is 0. The minimum Gasteiger partial charge on any atom is -0.0651 e. The van der Waals surface area contributed by atoms with Crippen molar-refractivity contribution in [3.05, 3.63) is 13.8 Å². The van der Waals surface area contributed by atoms with E-state index >= 15 is 0 Å². The molecule has 0 saturated carbocycles. The normalized spacial score (nSPS) is 12.7.